The number of allylic oxidation sites excluding steroid dienone is 1. The molecule has 0 radical (unpaired) electrons. The van der Waals surface area contributed by atoms with Gasteiger partial charge in [-0.25, -0.2) is 13.1 Å². The van der Waals surface area contributed by atoms with Crippen LogP contribution in [0.3, 0.4) is 0 Å². The number of nitrogens with zero attached hydrogens (tertiary/aromatic N) is 3. The number of ether oxygens (including phenoxy) is 2. The van der Waals surface area contributed by atoms with Crippen LogP contribution >= 0.6 is 0 Å². The number of anilines is 1. The van der Waals surface area contributed by atoms with Crippen molar-refractivity contribution in [3.8, 4) is 17.3 Å². The molecule has 12 nitrogen and oxygen atoms in total. The third kappa shape index (κ3) is 7.26. The van der Waals surface area contributed by atoms with E-state index in [-0.39, 0.29) is 13.2 Å². The highest BCUT2D eigenvalue weighted by atomic mass is 32.2. The number of nitriles is 1. The largest absolute Gasteiger partial charge is 0.388 e. The number of hydrogen-bond donors (Lipinski definition) is 5. The zero-order valence-corrected chi connectivity index (χ0v) is 24.7. The maximum absolute atomic E-state index is 12.9. The fourth-order valence-corrected chi connectivity index (χ4v) is 6.22. The normalized spacial score (nSPS) is 23.7. The fraction of sp³-hybridized carbons (Fsp3) is 0.433. The summed E-state index contributed by atoms with van der Waals surface area (Å²) in [5.41, 5.74) is 3.34. The molecule has 230 valence electrons. The van der Waals surface area contributed by atoms with E-state index in [1.807, 2.05) is 18.2 Å². The van der Waals surface area contributed by atoms with Crippen LogP contribution in [-0.4, -0.2) is 110 Å². The Kier molecular flexibility index (Phi) is 9.80. The number of rotatable bonds is 10. The first-order chi connectivity index (χ1) is 20.7. The van der Waals surface area contributed by atoms with E-state index in [2.05, 4.69) is 39.2 Å². The van der Waals surface area contributed by atoms with Gasteiger partial charge in [-0.05, 0) is 52.7 Å². The standard InChI is InChI=1S/C30H37N5O7S/c1-34-24(16-25(17-31)43(39,40)33-18-28-30(38)29(37)27(36)19-42-28)6-7-26(34)22-3-2-21-15-23(5-4-20(21)14-22)32-8-9-35-10-12-41-13-11-35/h2-7,14-16,27-30,32-33,36-38H,8-13,18-19H2,1H3. The number of nitrogens with one attached hydrogen (secondary N) is 2. The molecule has 13 heteroatoms. The third-order valence-corrected chi connectivity index (χ3v) is 9.25. The van der Waals surface area contributed by atoms with Crippen LogP contribution in [0, 0.1) is 11.3 Å². The third-order valence-electron chi connectivity index (χ3n) is 7.92. The monoisotopic (exact) mass is 611 g/mol. The Morgan fingerprint density at radius 2 is 1.81 bits per heavy atom. The number of fused-ring (bicyclic) bond motifs is 1. The topological polar surface area (TPSA) is 169 Å². The molecule has 0 bridgehead atoms. The van der Waals surface area contributed by atoms with E-state index < -0.39 is 39.3 Å². The van der Waals surface area contributed by atoms with Crippen LogP contribution in [0.4, 0.5) is 5.69 Å². The molecule has 2 aliphatic rings. The van der Waals surface area contributed by atoms with E-state index >= 15 is 0 Å². The molecule has 2 aliphatic heterocycles. The smallest absolute Gasteiger partial charge is 0.250 e. The fourth-order valence-electron chi connectivity index (χ4n) is 5.28. The summed E-state index contributed by atoms with van der Waals surface area (Å²) >= 11 is 0. The Bertz CT molecular complexity index is 1610. The summed E-state index contributed by atoms with van der Waals surface area (Å²) < 4.78 is 40.5. The average Bonchev–Trinajstić information content (AvgIpc) is 3.38. The lowest BCUT2D eigenvalue weighted by atomic mass is 10.0. The van der Waals surface area contributed by atoms with Gasteiger partial charge in [0.1, 0.15) is 24.4 Å². The second-order valence-corrected chi connectivity index (χ2v) is 12.5. The molecule has 3 aromatic rings. The van der Waals surface area contributed by atoms with Gasteiger partial charge in [-0.15, -0.1) is 0 Å². The molecular weight excluding hydrogens is 574 g/mol. The second-order valence-electron chi connectivity index (χ2n) is 10.8. The summed E-state index contributed by atoms with van der Waals surface area (Å²) in [5, 5.41) is 44.8. The van der Waals surface area contributed by atoms with Gasteiger partial charge in [0, 0.05) is 56.8 Å². The zero-order valence-electron chi connectivity index (χ0n) is 23.9. The van der Waals surface area contributed by atoms with E-state index in [0.717, 1.165) is 67.1 Å². The second kappa shape index (κ2) is 13.5. The minimum Gasteiger partial charge on any atom is -0.388 e. The van der Waals surface area contributed by atoms with Crippen molar-refractivity contribution in [2.75, 3.05) is 57.9 Å². The van der Waals surface area contributed by atoms with Crippen LogP contribution < -0.4 is 10.0 Å². The molecule has 43 heavy (non-hydrogen) atoms. The summed E-state index contributed by atoms with van der Waals surface area (Å²) in [7, 11) is -2.46. The van der Waals surface area contributed by atoms with Gasteiger partial charge in [-0.1, -0.05) is 18.2 Å². The lowest BCUT2D eigenvalue weighted by molar-refractivity contribution is -0.184. The lowest BCUT2D eigenvalue weighted by Crippen LogP contribution is -2.56. The van der Waals surface area contributed by atoms with Crippen molar-refractivity contribution in [2.45, 2.75) is 24.4 Å². The minimum absolute atomic E-state index is 0.250. The number of aromatic nitrogens is 1. The molecule has 0 spiro atoms. The molecule has 2 saturated heterocycles. The molecule has 4 unspecified atom stereocenters. The minimum atomic E-state index is -4.26. The summed E-state index contributed by atoms with van der Waals surface area (Å²) in [6.45, 7) is 4.67. The van der Waals surface area contributed by atoms with Gasteiger partial charge in [-0.3, -0.25) is 4.90 Å². The van der Waals surface area contributed by atoms with E-state index in [1.54, 1.807) is 23.8 Å². The van der Waals surface area contributed by atoms with Crippen molar-refractivity contribution in [1.29, 1.82) is 5.26 Å². The molecule has 0 amide bonds. The number of aliphatic hydroxyl groups is 3. The summed E-state index contributed by atoms with van der Waals surface area (Å²) in [6, 6.07) is 17.7. The molecule has 5 rings (SSSR count). The molecule has 2 fully saturated rings. The Morgan fingerprint density at radius 3 is 2.58 bits per heavy atom. The number of morpholine rings is 1. The number of benzene rings is 2. The highest BCUT2D eigenvalue weighted by Crippen LogP contribution is 2.28. The van der Waals surface area contributed by atoms with Crippen molar-refractivity contribution in [3.05, 3.63) is 59.1 Å². The Labute approximate surface area is 250 Å². The first-order valence-electron chi connectivity index (χ1n) is 14.2. The van der Waals surface area contributed by atoms with Crippen molar-refractivity contribution in [2.24, 2.45) is 7.05 Å². The van der Waals surface area contributed by atoms with Crippen molar-refractivity contribution in [3.63, 3.8) is 0 Å². The lowest BCUT2D eigenvalue weighted by Gasteiger charge is -2.35. The molecule has 0 aliphatic carbocycles. The number of aliphatic hydroxyl groups excluding tert-OH is 3. The highest BCUT2D eigenvalue weighted by Gasteiger charge is 2.38. The van der Waals surface area contributed by atoms with E-state index in [0.29, 0.717) is 5.69 Å². The molecule has 2 aromatic carbocycles. The van der Waals surface area contributed by atoms with Crippen LogP contribution in [0.25, 0.3) is 28.1 Å². The van der Waals surface area contributed by atoms with E-state index in [4.69, 9.17) is 9.47 Å². The van der Waals surface area contributed by atoms with Gasteiger partial charge < -0.3 is 34.7 Å². The molecule has 0 saturated carbocycles. The first-order valence-corrected chi connectivity index (χ1v) is 15.7. The Balaban J connectivity index is 1.26. The highest BCUT2D eigenvalue weighted by molar-refractivity contribution is 7.93. The summed E-state index contributed by atoms with van der Waals surface area (Å²) in [5.74, 6) is 0. The average molecular weight is 612 g/mol. The van der Waals surface area contributed by atoms with Crippen LogP contribution in [-0.2, 0) is 26.5 Å². The van der Waals surface area contributed by atoms with Crippen molar-refractivity contribution < 1.29 is 33.2 Å². The van der Waals surface area contributed by atoms with Gasteiger partial charge in [0.05, 0.1) is 25.9 Å². The van der Waals surface area contributed by atoms with Crippen molar-refractivity contribution >= 4 is 32.6 Å². The number of sulfonamides is 1. The van der Waals surface area contributed by atoms with Gasteiger partial charge >= 0.3 is 0 Å². The Morgan fingerprint density at radius 1 is 1.07 bits per heavy atom. The van der Waals surface area contributed by atoms with Gasteiger partial charge in [-0.2, -0.15) is 5.26 Å². The molecule has 1 aromatic heterocycles. The van der Waals surface area contributed by atoms with Gasteiger partial charge in [0.2, 0.25) is 0 Å². The summed E-state index contributed by atoms with van der Waals surface area (Å²) in [4.78, 5) is 1.87. The maximum atomic E-state index is 12.9. The number of hydrogen-bond acceptors (Lipinski definition) is 10. The predicted molar refractivity (Wildman–Crippen MR) is 162 cm³/mol. The van der Waals surface area contributed by atoms with Crippen molar-refractivity contribution in [1.82, 2.24) is 14.2 Å². The van der Waals surface area contributed by atoms with Crippen LogP contribution in [0.5, 0.6) is 0 Å². The van der Waals surface area contributed by atoms with E-state index in [9.17, 15) is 29.0 Å². The van der Waals surface area contributed by atoms with Crippen LogP contribution in [0.1, 0.15) is 5.69 Å². The van der Waals surface area contributed by atoms with Crippen LogP contribution in [0.2, 0.25) is 0 Å². The zero-order chi connectivity index (χ0) is 30.6. The van der Waals surface area contributed by atoms with Gasteiger partial charge in [0.25, 0.3) is 10.0 Å². The SMILES string of the molecule is Cn1c(C=C(C#N)S(=O)(=O)NCC2OCC(O)C(O)C2O)ccc1-c1ccc2cc(NCCN3CCOCC3)ccc2c1. The summed E-state index contributed by atoms with van der Waals surface area (Å²) in [6.07, 6.45) is -4.02. The maximum Gasteiger partial charge on any atom is 0.250 e. The van der Waals surface area contributed by atoms with E-state index in [1.165, 1.54) is 6.08 Å². The quantitative estimate of drug-likeness (QED) is 0.207. The molecular formula is C30H37N5O7S. The molecule has 5 N–H and O–H groups in total. The van der Waals surface area contributed by atoms with Crippen LogP contribution in [0.15, 0.2) is 53.4 Å². The van der Waals surface area contributed by atoms with Gasteiger partial charge in [0.15, 0.2) is 4.91 Å². The molecule has 4 atom stereocenters. The predicted octanol–water partition coefficient (Wildman–Crippen LogP) is 0.855. The Hall–Kier alpha value is -3.32. The first kappa shape index (κ1) is 31.1. The molecule has 3 heterocycles.